The molecule has 0 aliphatic carbocycles. The predicted octanol–water partition coefficient (Wildman–Crippen LogP) is 6.29. The first-order valence-electron chi connectivity index (χ1n) is 19.3. The Morgan fingerprint density at radius 2 is 0.540 bits per heavy atom. The number of hydrogen-bond donors (Lipinski definition) is 0. The second-order valence-corrected chi connectivity index (χ2v) is 11.8. The molecule has 1 aromatic rings. The van der Waals surface area contributed by atoms with E-state index in [2.05, 4.69) is 6.92 Å². The summed E-state index contributed by atoms with van der Waals surface area (Å²) in [5.41, 5.74) is 1.16. The lowest BCUT2D eigenvalue weighted by molar-refractivity contribution is -0.0277. The molecule has 0 saturated carbocycles. The number of unbranched alkanes of at least 4 members (excludes halogenated alkanes) is 9. The third kappa shape index (κ3) is 38.0. The minimum atomic E-state index is 0.521. The molecule has 294 valence electrons. The SMILES string of the molecule is CCCCCCCCCCCCOCCOCCOCCOCCOCCOCCOCCOCCOCCOCCOCc1ccccc1. The van der Waals surface area contributed by atoms with Crippen molar-refractivity contribution < 1.29 is 52.1 Å². The van der Waals surface area contributed by atoms with Crippen LogP contribution in [0, 0.1) is 0 Å². The van der Waals surface area contributed by atoms with Crippen LogP contribution >= 0.6 is 0 Å². The average Bonchev–Trinajstić information content (AvgIpc) is 3.14. The van der Waals surface area contributed by atoms with Gasteiger partial charge in [0.05, 0.1) is 139 Å². The highest BCUT2D eigenvalue weighted by molar-refractivity contribution is 5.13. The molecule has 0 unspecified atom stereocenters. The van der Waals surface area contributed by atoms with Gasteiger partial charge in [0.25, 0.3) is 0 Å². The summed E-state index contributed by atoms with van der Waals surface area (Å²) in [6.07, 6.45) is 13.4. The molecule has 0 N–H and O–H groups in total. The van der Waals surface area contributed by atoms with E-state index in [0.29, 0.717) is 139 Å². The van der Waals surface area contributed by atoms with Crippen LogP contribution in [0.3, 0.4) is 0 Å². The standard InChI is InChI=1S/C39H72O11/c1-2-3-4-5-6-7-8-9-10-14-17-40-18-19-41-20-21-42-22-23-43-24-25-44-26-27-45-28-29-46-30-31-47-32-33-48-34-35-49-36-37-50-38-39-15-12-11-13-16-39/h11-13,15-16H,2-10,14,17-38H2,1H3. The molecule has 0 radical (unpaired) electrons. The second-order valence-electron chi connectivity index (χ2n) is 11.8. The summed E-state index contributed by atoms with van der Waals surface area (Å²) in [4.78, 5) is 0. The zero-order valence-corrected chi connectivity index (χ0v) is 31.5. The maximum atomic E-state index is 5.65. The Balaban J connectivity index is 1.60. The maximum Gasteiger partial charge on any atom is 0.0718 e. The summed E-state index contributed by atoms with van der Waals surface area (Å²) in [7, 11) is 0. The van der Waals surface area contributed by atoms with E-state index in [1.165, 1.54) is 57.8 Å². The van der Waals surface area contributed by atoms with Crippen molar-refractivity contribution in [1.82, 2.24) is 0 Å². The summed E-state index contributed by atoms with van der Waals surface area (Å²) in [6, 6.07) is 10.1. The minimum absolute atomic E-state index is 0.521. The number of hydrogen-bond acceptors (Lipinski definition) is 11. The van der Waals surface area contributed by atoms with Gasteiger partial charge >= 0.3 is 0 Å². The van der Waals surface area contributed by atoms with Gasteiger partial charge in [0.2, 0.25) is 0 Å². The van der Waals surface area contributed by atoms with Crippen molar-refractivity contribution in [2.24, 2.45) is 0 Å². The molecule has 0 spiro atoms. The highest BCUT2D eigenvalue weighted by Crippen LogP contribution is 2.10. The molecule has 0 fully saturated rings. The van der Waals surface area contributed by atoms with Crippen molar-refractivity contribution in [2.75, 3.05) is 139 Å². The Kier molecular flexibility index (Phi) is 39.5. The molecule has 11 heteroatoms. The van der Waals surface area contributed by atoms with Crippen molar-refractivity contribution >= 4 is 0 Å². The van der Waals surface area contributed by atoms with E-state index >= 15 is 0 Å². The lowest BCUT2D eigenvalue weighted by atomic mass is 10.1. The summed E-state index contributed by atoms with van der Waals surface area (Å²) >= 11 is 0. The van der Waals surface area contributed by atoms with Crippen LogP contribution in [0.5, 0.6) is 0 Å². The molecule has 0 heterocycles. The monoisotopic (exact) mass is 717 g/mol. The van der Waals surface area contributed by atoms with E-state index in [1.807, 2.05) is 30.3 Å². The first-order valence-corrected chi connectivity index (χ1v) is 19.3. The summed E-state index contributed by atoms with van der Waals surface area (Å²) in [5.74, 6) is 0. The predicted molar refractivity (Wildman–Crippen MR) is 196 cm³/mol. The third-order valence-corrected chi connectivity index (χ3v) is 7.47. The molecule has 1 aromatic carbocycles. The Labute approximate surface area is 304 Å². The fourth-order valence-corrected chi connectivity index (χ4v) is 4.65. The molecule has 0 aromatic heterocycles. The molecule has 0 aliphatic heterocycles. The summed E-state index contributed by atoms with van der Waals surface area (Å²) < 4.78 is 60.8. The molecule has 0 amide bonds. The largest absolute Gasteiger partial charge is 0.379 e. The van der Waals surface area contributed by atoms with Gasteiger partial charge < -0.3 is 52.1 Å². The number of benzene rings is 1. The van der Waals surface area contributed by atoms with Gasteiger partial charge in [-0.1, -0.05) is 95.0 Å². The van der Waals surface area contributed by atoms with Crippen LogP contribution in [0.4, 0.5) is 0 Å². The van der Waals surface area contributed by atoms with E-state index in [4.69, 9.17) is 52.1 Å². The smallest absolute Gasteiger partial charge is 0.0718 e. The minimum Gasteiger partial charge on any atom is -0.379 e. The fraction of sp³-hybridized carbons (Fsp3) is 0.846. The molecular formula is C39H72O11. The van der Waals surface area contributed by atoms with Crippen LogP contribution in [0.1, 0.15) is 76.7 Å². The lowest BCUT2D eigenvalue weighted by Crippen LogP contribution is -2.15. The maximum absolute atomic E-state index is 5.65. The van der Waals surface area contributed by atoms with Crippen LogP contribution in [-0.4, -0.2) is 139 Å². The van der Waals surface area contributed by atoms with Crippen LogP contribution in [0.2, 0.25) is 0 Å². The molecule has 0 saturated heterocycles. The quantitative estimate of drug-likeness (QED) is 0.0713. The zero-order valence-electron chi connectivity index (χ0n) is 31.5. The Bertz CT molecular complexity index is 744. The van der Waals surface area contributed by atoms with Gasteiger partial charge in [-0.05, 0) is 12.0 Å². The number of ether oxygens (including phenoxy) is 11. The van der Waals surface area contributed by atoms with Crippen molar-refractivity contribution in [3.8, 4) is 0 Å². The molecule has 0 bridgehead atoms. The van der Waals surface area contributed by atoms with Crippen LogP contribution < -0.4 is 0 Å². The van der Waals surface area contributed by atoms with Gasteiger partial charge in [-0.25, -0.2) is 0 Å². The van der Waals surface area contributed by atoms with Crippen molar-refractivity contribution in [3.63, 3.8) is 0 Å². The lowest BCUT2D eigenvalue weighted by Gasteiger charge is -2.09. The molecule has 0 aliphatic rings. The molecule has 0 atom stereocenters. The summed E-state index contributed by atoms with van der Waals surface area (Å²) in [6.45, 7) is 14.6. The van der Waals surface area contributed by atoms with Gasteiger partial charge in [0.1, 0.15) is 0 Å². The van der Waals surface area contributed by atoms with Gasteiger partial charge in [0, 0.05) is 6.61 Å². The van der Waals surface area contributed by atoms with Gasteiger partial charge in [-0.2, -0.15) is 0 Å². The van der Waals surface area contributed by atoms with Crippen molar-refractivity contribution in [1.29, 1.82) is 0 Å². The van der Waals surface area contributed by atoms with E-state index in [-0.39, 0.29) is 0 Å². The van der Waals surface area contributed by atoms with Crippen molar-refractivity contribution in [3.05, 3.63) is 35.9 Å². The van der Waals surface area contributed by atoms with E-state index < -0.39 is 0 Å². The van der Waals surface area contributed by atoms with Gasteiger partial charge in [-0.3, -0.25) is 0 Å². The average molecular weight is 717 g/mol. The van der Waals surface area contributed by atoms with Crippen LogP contribution in [0.25, 0.3) is 0 Å². The van der Waals surface area contributed by atoms with Crippen LogP contribution in [-0.2, 0) is 58.7 Å². The van der Waals surface area contributed by atoms with Crippen LogP contribution in [0.15, 0.2) is 30.3 Å². The molecular weight excluding hydrogens is 644 g/mol. The Morgan fingerprint density at radius 3 is 0.860 bits per heavy atom. The number of rotatable bonds is 43. The summed E-state index contributed by atoms with van der Waals surface area (Å²) in [5, 5.41) is 0. The molecule has 11 nitrogen and oxygen atoms in total. The fourth-order valence-electron chi connectivity index (χ4n) is 4.65. The topological polar surface area (TPSA) is 102 Å². The Hall–Kier alpha value is -1.22. The van der Waals surface area contributed by atoms with Gasteiger partial charge in [0.15, 0.2) is 0 Å². The first kappa shape index (κ1) is 46.8. The molecule has 50 heavy (non-hydrogen) atoms. The molecule has 1 rings (SSSR count). The Morgan fingerprint density at radius 1 is 0.280 bits per heavy atom. The highest BCUT2D eigenvalue weighted by atomic mass is 16.6. The van der Waals surface area contributed by atoms with E-state index in [0.717, 1.165) is 18.6 Å². The third-order valence-electron chi connectivity index (χ3n) is 7.47. The first-order chi connectivity index (χ1) is 24.9. The van der Waals surface area contributed by atoms with Gasteiger partial charge in [-0.15, -0.1) is 0 Å². The normalized spacial score (nSPS) is 11.5. The van der Waals surface area contributed by atoms with E-state index in [9.17, 15) is 0 Å². The van der Waals surface area contributed by atoms with E-state index in [1.54, 1.807) is 0 Å². The zero-order chi connectivity index (χ0) is 35.5. The highest BCUT2D eigenvalue weighted by Gasteiger charge is 1.98. The van der Waals surface area contributed by atoms with Crippen molar-refractivity contribution in [2.45, 2.75) is 77.7 Å². The second kappa shape index (κ2) is 42.2.